The Morgan fingerprint density at radius 1 is 1.00 bits per heavy atom. The molecule has 1 amide bonds. The number of ether oxygens (including phenoxy) is 1. The number of aliphatic hydroxyl groups excluding tert-OH is 1. The van der Waals surface area contributed by atoms with Crippen molar-refractivity contribution in [1.29, 1.82) is 0 Å². The number of hydrogen-bond acceptors (Lipinski definition) is 6. The predicted molar refractivity (Wildman–Crippen MR) is 103 cm³/mol. The zero-order valence-electron chi connectivity index (χ0n) is 16.5. The summed E-state index contributed by atoms with van der Waals surface area (Å²) in [6.45, 7) is 5.91. The molecule has 0 aliphatic carbocycles. The Bertz CT molecular complexity index is 677. The molecule has 0 saturated carbocycles. The zero-order valence-corrected chi connectivity index (χ0v) is 17.3. The number of likely N-dealkylation sites (tertiary alicyclic amines) is 1. The number of hydrogen-bond donors (Lipinski definition) is 1. The lowest BCUT2D eigenvalue weighted by molar-refractivity contribution is -0.133. The van der Waals surface area contributed by atoms with E-state index in [4.69, 9.17) is 4.74 Å². The normalized spacial score (nSPS) is 33.3. The largest absolute Gasteiger partial charge is 0.396 e. The van der Waals surface area contributed by atoms with Crippen molar-refractivity contribution < 1.29 is 23.1 Å². The Hall–Kier alpha value is -0.780. The van der Waals surface area contributed by atoms with Gasteiger partial charge in [-0.05, 0) is 12.8 Å². The van der Waals surface area contributed by atoms with E-state index in [1.807, 2.05) is 4.90 Å². The molecule has 4 aliphatic heterocycles. The van der Waals surface area contributed by atoms with Crippen LogP contribution in [-0.2, 0) is 19.7 Å². The number of piperidine rings is 1. The van der Waals surface area contributed by atoms with Crippen LogP contribution < -0.4 is 0 Å². The highest BCUT2D eigenvalue weighted by atomic mass is 32.2. The standard InChI is InChI=1S/C18H32N4O5S/c23-15-18-13-20(17(24)12-19-6-8-27-9-7-19)10-16(18)11-22(14-18)28(25,26)21-4-2-1-3-5-21/h16,23H,1-15H2. The number of morpholine rings is 1. The molecule has 4 saturated heterocycles. The molecule has 0 aromatic rings. The van der Waals surface area contributed by atoms with Crippen LogP contribution in [0.1, 0.15) is 19.3 Å². The van der Waals surface area contributed by atoms with Crippen molar-refractivity contribution in [2.75, 3.05) is 78.7 Å². The van der Waals surface area contributed by atoms with Gasteiger partial charge in [0, 0.05) is 63.7 Å². The number of carbonyl (C=O) groups is 1. The summed E-state index contributed by atoms with van der Waals surface area (Å²) in [7, 11) is -3.48. The number of rotatable bonds is 5. The highest BCUT2D eigenvalue weighted by Gasteiger charge is 2.56. The van der Waals surface area contributed by atoms with E-state index in [0.29, 0.717) is 59.0 Å². The van der Waals surface area contributed by atoms with E-state index in [9.17, 15) is 18.3 Å². The summed E-state index contributed by atoms with van der Waals surface area (Å²) in [5, 5.41) is 10.1. The molecule has 9 nitrogen and oxygen atoms in total. The van der Waals surface area contributed by atoms with Crippen LogP contribution in [0.3, 0.4) is 0 Å². The van der Waals surface area contributed by atoms with Gasteiger partial charge in [0.15, 0.2) is 0 Å². The van der Waals surface area contributed by atoms with Crippen LogP contribution in [0.25, 0.3) is 0 Å². The summed E-state index contributed by atoms with van der Waals surface area (Å²) in [6, 6.07) is 0. The highest BCUT2D eigenvalue weighted by molar-refractivity contribution is 7.86. The summed E-state index contributed by atoms with van der Waals surface area (Å²) in [5.74, 6) is 0.0558. The minimum atomic E-state index is -3.48. The quantitative estimate of drug-likeness (QED) is 0.605. The van der Waals surface area contributed by atoms with Crippen molar-refractivity contribution in [3.05, 3.63) is 0 Å². The van der Waals surface area contributed by atoms with Gasteiger partial charge in [-0.15, -0.1) is 0 Å². The summed E-state index contributed by atoms with van der Waals surface area (Å²) in [4.78, 5) is 16.7. The number of amides is 1. The van der Waals surface area contributed by atoms with E-state index in [2.05, 4.69) is 4.90 Å². The minimum absolute atomic E-state index is 0.00861. The van der Waals surface area contributed by atoms with E-state index in [0.717, 1.165) is 32.4 Å². The molecule has 0 aromatic carbocycles. The topological polar surface area (TPSA) is 93.6 Å². The van der Waals surface area contributed by atoms with E-state index >= 15 is 0 Å². The Balaban J connectivity index is 1.39. The highest BCUT2D eigenvalue weighted by Crippen LogP contribution is 2.43. The maximum absolute atomic E-state index is 13.0. The van der Waals surface area contributed by atoms with Crippen molar-refractivity contribution >= 4 is 16.1 Å². The van der Waals surface area contributed by atoms with Crippen molar-refractivity contribution in [2.45, 2.75) is 19.3 Å². The van der Waals surface area contributed by atoms with Crippen LogP contribution >= 0.6 is 0 Å². The molecule has 4 heterocycles. The molecule has 4 fully saturated rings. The maximum atomic E-state index is 13.0. The Morgan fingerprint density at radius 3 is 2.36 bits per heavy atom. The van der Waals surface area contributed by atoms with Crippen molar-refractivity contribution in [1.82, 2.24) is 18.4 Å². The first kappa shape index (κ1) is 20.5. The Labute approximate surface area is 167 Å². The summed E-state index contributed by atoms with van der Waals surface area (Å²) >= 11 is 0. The molecule has 10 heteroatoms. The Morgan fingerprint density at radius 2 is 1.71 bits per heavy atom. The second-order valence-corrected chi connectivity index (χ2v) is 10.6. The SMILES string of the molecule is O=C(CN1CCOCC1)N1CC2CN(S(=O)(=O)N3CCCCC3)CC2(CO)C1. The second-order valence-electron chi connectivity index (χ2n) is 8.64. The summed E-state index contributed by atoms with van der Waals surface area (Å²) < 4.78 is 34.5. The average molecular weight is 417 g/mol. The Kier molecular flexibility index (Phi) is 5.97. The van der Waals surface area contributed by atoms with Crippen LogP contribution in [0.2, 0.25) is 0 Å². The molecule has 2 atom stereocenters. The molecule has 0 bridgehead atoms. The monoisotopic (exact) mass is 416 g/mol. The number of nitrogens with zero attached hydrogens (tertiary/aromatic N) is 4. The van der Waals surface area contributed by atoms with Crippen molar-refractivity contribution in [2.24, 2.45) is 11.3 Å². The molecule has 4 aliphatic rings. The van der Waals surface area contributed by atoms with Gasteiger partial charge in [0.2, 0.25) is 5.91 Å². The first-order chi connectivity index (χ1) is 13.4. The molecule has 160 valence electrons. The first-order valence-electron chi connectivity index (χ1n) is 10.4. The van der Waals surface area contributed by atoms with Gasteiger partial charge in [0.25, 0.3) is 10.2 Å². The molecular weight excluding hydrogens is 384 g/mol. The van der Waals surface area contributed by atoms with Gasteiger partial charge in [-0.3, -0.25) is 9.69 Å². The third kappa shape index (κ3) is 3.82. The smallest absolute Gasteiger partial charge is 0.282 e. The van der Waals surface area contributed by atoms with E-state index < -0.39 is 15.6 Å². The van der Waals surface area contributed by atoms with Gasteiger partial charge in [-0.2, -0.15) is 17.0 Å². The zero-order chi connectivity index (χ0) is 19.8. The van der Waals surface area contributed by atoms with Gasteiger partial charge in [0.1, 0.15) is 0 Å². The van der Waals surface area contributed by atoms with E-state index in [-0.39, 0.29) is 18.4 Å². The lowest BCUT2D eigenvalue weighted by atomic mass is 9.82. The maximum Gasteiger partial charge on any atom is 0.282 e. The molecule has 2 unspecified atom stereocenters. The molecule has 0 radical (unpaired) electrons. The van der Waals surface area contributed by atoms with Gasteiger partial charge in [-0.1, -0.05) is 6.42 Å². The fourth-order valence-corrected chi connectivity index (χ4v) is 6.86. The summed E-state index contributed by atoms with van der Waals surface area (Å²) in [5.41, 5.74) is -0.538. The third-order valence-electron chi connectivity index (χ3n) is 6.83. The van der Waals surface area contributed by atoms with Gasteiger partial charge in [0.05, 0.1) is 26.4 Å². The van der Waals surface area contributed by atoms with E-state index in [1.54, 1.807) is 8.61 Å². The molecule has 1 N–H and O–H groups in total. The second kappa shape index (κ2) is 8.16. The van der Waals surface area contributed by atoms with Crippen LogP contribution in [-0.4, -0.2) is 117 Å². The predicted octanol–water partition coefficient (Wildman–Crippen LogP) is -1.20. The summed E-state index contributed by atoms with van der Waals surface area (Å²) in [6.07, 6.45) is 2.90. The fraction of sp³-hybridized carbons (Fsp3) is 0.944. The van der Waals surface area contributed by atoms with Crippen LogP contribution in [0.4, 0.5) is 0 Å². The minimum Gasteiger partial charge on any atom is -0.396 e. The lowest BCUT2D eigenvalue weighted by Gasteiger charge is -2.32. The first-order valence-corrected chi connectivity index (χ1v) is 11.8. The number of aliphatic hydroxyl groups is 1. The van der Waals surface area contributed by atoms with Crippen LogP contribution in [0.5, 0.6) is 0 Å². The number of carbonyl (C=O) groups excluding carboxylic acids is 1. The lowest BCUT2D eigenvalue weighted by Crippen LogP contribution is -2.48. The molecular formula is C18H32N4O5S. The van der Waals surface area contributed by atoms with Crippen LogP contribution in [0, 0.1) is 11.3 Å². The average Bonchev–Trinajstić information content (AvgIpc) is 3.25. The van der Waals surface area contributed by atoms with E-state index in [1.165, 1.54) is 0 Å². The molecule has 0 aromatic heterocycles. The fourth-order valence-electron chi connectivity index (χ4n) is 5.03. The third-order valence-corrected chi connectivity index (χ3v) is 8.77. The molecule has 0 spiro atoms. The molecule has 4 rings (SSSR count). The van der Waals surface area contributed by atoms with Gasteiger partial charge in [-0.25, -0.2) is 0 Å². The van der Waals surface area contributed by atoms with Crippen molar-refractivity contribution in [3.63, 3.8) is 0 Å². The van der Waals surface area contributed by atoms with Crippen molar-refractivity contribution in [3.8, 4) is 0 Å². The number of fused-ring (bicyclic) bond motifs is 1. The molecule has 28 heavy (non-hydrogen) atoms. The van der Waals surface area contributed by atoms with Gasteiger partial charge >= 0.3 is 0 Å². The van der Waals surface area contributed by atoms with Crippen LogP contribution in [0.15, 0.2) is 0 Å². The van der Waals surface area contributed by atoms with Gasteiger partial charge < -0.3 is 14.7 Å².